The fourth-order valence-corrected chi connectivity index (χ4v) is 4.96. The Morgan fingerprint density at radius 1 is 1.00 bits per heavy atom. The number of hydrogen-bond donors (Lipinski definition) is 0. The monoisotopic (exact) mass is 413 g/mol. The third-order valence-corrected chi connectivity index (χ3v) is 6.96. The van der Waals surface area contributed by atoms with Crippen molar-refractivity contribution in [2.24, 2.45) is 0 Å². The molecule has 0 radical (unpaired) electrons. The Bertz CT molecular complexity index is 1170. The van der Waals surface area contributed by atoms with Crippen molar-refractivity contribution in [3.8, 4) is 0 Å². The lowest BCUT2D eigenvalue weighted by Crippen LogP contribution is -2.50. The molecule has 1 aromatic heterocycles. The number of piperazine rings is 1. The first kappa shape index (κ1) is 19.5. The number of amides is 1. The molecule has 2 aromatic carbocycles. The first-order valence-electron chi connectivity index (χ1n) is 9.27. The summed E-state index contributed by atoms with van der Waals surface area (Å²) in [5.41, 5.74) is 2.08. The van der Waals surface area contributed by atoms with E-state index in [1.807, 2.05) is 31.2 Å². The molecular formula is C21H20FN3O3S. The maximum atomic E-state index is 13.1. The molecule has 4 rings (SSSR count). The average Bonchev–Trinajstić information content (AvgIpc) is 2.73. The number of sulfonamides is 1. The van der Waals surface area contributed by atoms with Crippen molar-refractivity contribution in [1.82, 2.24) is 14.2 Å². The van der Waals surface area contributed by atoms with Gasteiger partial charge in [-0.3, -0.25) is 9.78 Å². The SMILES string of the molecule is Cc1cc(C(=O)N2CCN(S(=O)(=O)c3ccc(F)cc3)CC2)c2ccccc2n1. The predicted molar refractivity (Wildman–Crippen MR) is 108 cm³/mol. The number of aromatic nitrogens is 1. The van der Waals surface area contributed by atoms with Crippen LogP contribution in [-0.4, -0.2) is 54.7 Å². The average molecular weight is 413 g/mol. The highest BCUT2D eigenvalue weighted by molar-refractivity contribution is 7.89. The quantitative estimate of drug-likeness (QED) is 0.662. The van der Waals surface area contributed by atoms with E-state index in [9.17, 15) is 17.6 Å². The lowest BCUT2D eigenvalue weighted by atomic mass is 10.1. The number of para-hydroxylation sites is 1. The first-order chi connectivity index (χ1) is 13.9. The Labute approximate surface area is 168 Å². The molecule has 1 fully saturated rings. The van der Waals surface area contributed by atoms with Crippen LogP contribution in [0.1, 0.15) is 16.1 Å². The van der Waals surface area contributed by atoms with Gasteiger partial charge < -0.3 is 4.90 Å². The van der Waals surface area contributed by atoms with E-state index in [0.29, 0.717) is 5.56 Å². The zero-order chi connectivity index (χ0) is 20.6. The van der Waals surface area contributed by atoms with Gasteiger partial charge in [-0.05, 0) is 43.3 Å². The number of hydrogen-bond acceptors (Lipinski definition) is 4. The summed E-state index contributed by atoms with van der Waals surface area (Å²) >= 11 is 0. The minimum atomic E-state index is -3.72. The van der Waals surface area contributed by atoms with E-state index in [0.717, 1.165) is 28.7 Å². The zero-order valence-electron chi connectivity index (χ0n) is 15.9. The Hall–Kier alpha value is -2.84. The molecule has 6 nitrogen and oxygen atoms in total. The molecule has 150 valence electrons. The number of rotatable bonds is 3. The second kappa shape index (κ2) is 7.53. The lowest BCUT2D eigenvalue weighted by molar-refractivity contribution is 0.0699. The van der Waals surface area contributed by atoms with Crippen molar-refractivity contribution in [1.29, 1.82) is 0 Å². The smallest absolute Gasteiger partial charge is 0.254 e. The summed E-state index contributed by atoms with van der Waals surface area (Å²) in [7, 11) is -3.72. The molecule has 3 aromatic rings. The summed E-state index contributed by atoms with van der Waals surface area (Å²) in [5, 5.41) is 0.782. The first-order valence-corrected chi connectivity index (χ1v) is 10.7. The van der Waals surface area contributed by atoms with Crippen LogP contribution >= 0.6 is 0 Å². The Kier molecular flexibility index (Phi) is 5.06. The number of halogens is 1. The summed E-state index contributed by atoms with van der Waals surface area (Å²) < 4.78 is 39.9. The molecule has 0 spiro atoms. The molecule has 0 atom stereocenters. The molecule has 1 aliphatic rings. The maximum absolute atomic E-state index is 13.1. The van der Waals surface area contributed by atoms with Crippen molar-refractivity contribution in [2.45, 2.75) is 11.8 Å². The largest absolute Gasteiger partial charge is 0.336 e. The van der Waals surface area contributed by atoms with Crippen LogP contribution in [0.3, 0.4) is 0 Å². The van der Waals surface area contributed by atoms with Gasteiger partial charge in [-0.25, -0.2) is 12.8 Å². The van der Waals surface area contributed by atoms with Crippen LogP contribution in [0, 0.1) is 12.7 Å². The van der Waals surface area contributed by atoms with E-state index in [-0.39, 0.29) is 37.0 Å². The minimum Gasteiger partial charge on any atom is -0.336 e. The molecule has 0 N–H and O–H groups in total. The third-order valence-electron chi connectivity index (χ3n) is 5.05. The summed E-state index contributed by atoms with van der Waals surface area (Å²) in [4.78, 5) is 19.3. The fourth-order valence-electron chi connectivity index (χ4n) is 3.54. The molecule has 2 heterocycles. The second-order valence-electron chi connectivity index (χ2n) is 6.98. The summed E-state index contributed by atoms with van der Waals surface area (Å²) in [6.45, 7) is 2.79. The zero-order valence-corrected chi connectivity index (χ0v) is 16.7. The highest BCUT2D eigenvalue weighted by Gasteiger charge is 2.31. The van der Waals surface area contributed by atoms with Gasteiger partial charge in [0.2, 0.25) is 10.0 Å². The number of carbonyl (C=O) groups is 1. The summed E-state index contributed by atoms with van der Waals surface area (Å²) in [6.07, 6.45) is 0. The molecule has 0 saturated carbocycles. The van der Waals surface area contributed by atoms with Crippen molar-refractivity contribution in [3.05, 3.63) is 71.7 Å². The van der Waals surface area contributed by atoms with Crippen LogP contribution in [0.4, 0.5) is 4.39 Å². The Morgan fingerprint density at radius 2 is 1.66 bits per heavy atom. The highest BCUT2D eigenvalue weighted by atomic mass is 32.2. The van der Waals surface area contributed by atoms with Gasteiger partial charge in [0, 0.05) is 37.3 Å². The van der Waals surface area contributed by atoms with Crippen LogP contribution in [0.5, 0.6) is 0 Å². The number of pyridine rings is 1. The van der Waals surface area contributed by atoms with E-state index >= 15 is 0 Å². The maximum Gasteiger partial charge on any atom is 0.254 e. The van der Waals surface area contributed by atoms with Gasteiger partial charge in [-0.15, -0.1) is 0 Å². The van der Waals surface area contributed by atoms with Gasteiger partial charge in [0.15, 0.2) is 0 Å². The molecule has 0 bridgehead atoms. The van der Waals surface area contributed by atoms with Crippen molar-refractivity contribution >= 4 is 26.8 Å². The topological polar surface area (TPSA) is 70.6 Å². The Morgan fingerprint density at radius 3 is 2.34 bits per heavy atom. The molecule has 1 amide bonds. The van der Waals surface area contributed by atoms with E-state index < -0.39 is 15.8 Å². The number of fused-ring (bicyclic) bond motifs is 1. The summed E-state index contributed by atoms with van der Waals surface area (Å²) in [5.74, 6) is -0.621. The normalized spacial score (nSPS) is 15.6. The van der Waals surface area contributed by atoms with Crippen LogP contribution in [0.25, 0.3) is 10.9 Å². The van der Waals surface area contributed by atoms with E-state index in [1.165, 1.54) is 16.4 Å². The number of aryl methyl sites for hydroxylation is 1. The van der Waals surface area contributed by atoms with Gasteiger partial charge in [0.25, 0.3) is 5.91 Å². The molecular weight excluding hydrogens is 393 g/mol. The van der Waals surface area contributed by atoms with Gasteiger partial charge in [0.1, 0.15) is 5.82 Å². The van der Waals surface area contributed by atoms with E-state index in [4.69, 9.17) is 0 Å². The minimum absolute atomic E-state index is 0.0504. The van der Waals surface area contributed by atoms with Crippen molar-refractivity contribution < 1.29 is 17.6 Å². The van der Waals surface area contributed by atoms with Gasteiger partial charge in [-0.1, -0.05) is 18.2 Å². The standard InChI is InChI=1S/C21H20FN3O3S/c1-15-14-19(18-4-2-3-5-20(18)23-15)21(26)24-10-12-25(13-11-24)29(27,28)17-8-6-16(22)7-9-17/h2-9,14H,10-13H2,1H3. The van der Waals surface area contributed by atoms with Crippen LogP contribution < -0.4 is 0 Å². The molecule has 8 heteroatoms. The van der Waals surface area contributed by atoms with Crippen LogP contribution in [-0.2, 0) is 10.0 Å². The van der Waals surface area contributed by atoms with Crippen LogP contribution in [0.15, 0.2) is 59.5 Å². The van der Waals surface area contributed by atoms with E-state index in [1.54, 1.807) is 11.0 Å². The predicted octanol–water partition coefficient (Wildman–Crippen LogP) is 2.83. The van der Waals surface area contributed by atoms with Gasteiger partial charge in [-0.2, -0.15) is 4.31 Å². The van der Waals surface area contributed by atoms with Gasteiger partial charge in [0.05, 0.1) is 16.0 Å². The third kappa shape index (κ3) is 3.73. The molecule has 0 unspecified atom stereocenters. The number of nitrogens with zero attached hydrogens (tertiary/aromatic N) is 3. The Balaban J connectivity index is 1.53. The van der Waals surface area contributed by atoms with Crippen molar-refractivity contribution in [2.75, 3.05) is 26.2 Å². The van der Waals surface area contributed by atoms with Crippen molar-refractivity contribution in [3.63, 3.8) is 0 Å². The molecule has 0 aliphatic carbocycles. The van der Waals surface area contributed by atoms with Gasteiger partial charge >= 0.3 is 0 Å². The number of carbonyl (C=O) groups excluding carboxylic acids is 1. The molecule has 1 aliphatic heterocycles. The highest BCUT2D eigenvalue weighted by Crippen LogP contribution is 2.22. The van der Waals surface area contributed by atoms with Crippen LogP contribution in [0.2, 0.25) is 0 Å². The lowest BCUT2D eigenvalue weighted by Gasteiger charge is -2.34. The molecule has 29 heavy (non-hydrogen) atoms. The summed E-state index contributed by atoms with van der Waals surface area (Å²) in [6, 6.07) is 14.0. The fraction of sp³-hybridized carbons (Fsp3) is 0.238. The van der Waals surface area contributed by atoms with E-state index in [2.05, 4.69) is 4.98 Å². The number of benzene rings is 2. The molecule has 1 saturated heterocycles. The second-order valence-corrected chi connectivity index (χ2v) is 8.92.